The molecule has 1 unspecified atom stereocenters. The molecule has 1 aliphatic carbocycles. The Hall–Kier alpha value is -3.61. The number of nitrogens with one attached hydrogen (secondary N) is 1. The average molecular weight is 376 g/mol. The van der Waals surface area contributed by atoms with Gasteiger partial charge in [0.05, 0.1) is 11.5 Å². The van der Waals surface area contributed by atoms with Crippen LogP contribution in [0.4, 0.5) is 5.69 Å². The summed E-state index contributed by atoms with van der Waals surface area (Å²) < 4.78 is 11.3. The maximum absolute atomic E-state index is 12.6. The van der Waals surface area contributed by atoms with E-state index in [0.717, 1.165) is 12.8 Å². The largest absolute Gasteiger partial charge is 0.474 e. The first-order chi connectivity index (χ1) is 13.5. The minimum Gasteiger partial charge on any atom is -0.474 e. The molecule has 2 amide bonds. The first-order valence-electron chi connectivity index (χ1n) is 9.00. The minimum absolute atomic E-state index is 0.0480. The van der Waals surface area contributed by atoms with Crippen LogP contribution in [0.2, 0.25) is 0 Å². The maximum atomic E-state index is 12.6. The third-order valence-corrected chi connectivity index (χ3v) is 5.07. The summed E-state index contributed by atoms with van der Waals surface area (Å²) in [5, 5.41) is 2.79. The zero-order valence-electron chi connectivity index (χ0n) is 14.7. The second-order valence-corrected chi connectivity index (χ2v) is 7.05. The van der Waals surface area contributed by atoms with Crippen LogP contribution in [0, 0.1) is 5.92 Å². The molecule has 5 rings (SSSR count). The Labute approximate surface area is 160 Å². The number of nitrogens with two attached hydrogens (primary N) is 1. The van der Waals surface area contributed by atoms with Crippen molar-refractivity contribution in [3.63, 3.8) is 0 Å². The van der Waals surface area contributed by atoms with Crippen LogP contribution in [0.3, 0.4) is 0 Å². The van der Waals surface area contributed by atoms with Crippen LogP contribution in [0.25, 0.3) is 11.3 Å². The Morgan fingerprint density at radius 2 is 1.89 bits per heavy atom. The van der Waals surface area contributed by atoms with Gasteiger partial charge in [0.2, 0.25) is 6.10 Å². The predicted molar refractivity (Wildman–Crippen MR) is 99.7 cm³/mol. The molecule has 0 bridgehead atoms. The van der Waals surface area contributed by atoms with Crippen molar-refractivity contribution in [1.29, 1.82) is 0 Å². The zero-order chi connectivity index (χ0) is 19.4. The number of fused-ring (bicyclic) bond motifs is 2. The molecule has 1 fully saturated rings. The van der Waals surface area contributed by atoms with Gasteiger partial charge in [-0.3, -0.25) is 14.4 Å². The summed E-state index contributed by atoms with van der Waals surface area (Å²) >= 11 is 0. The normalized spacial score (nSPS) is 22.1. The highest BCUT2D eigenvalue weighted by Gasteiger charge is 2.39. The van der Waals surface area contributed by atoms with E-state index < -0.39 is 12.0 Å². The zero-order valence-corrected chi connectivity index (χ0v) is 14.7. The molecule has 3 aliphatic rings. The molecule has 7 heteroatoms. The minimum atomic E-state index is -1.01. The average Bonchev–Trinajstić information content (AvgIpc) is 3.38. The van der Waals surface area contributed by atoms with Crippen molar-refractivity contribution >= 4 is 34.8 Å². The number of esters is 1. The molecular weight excluding hydrogens is 360 g/mol. The van der Waals surface area contributed by atoms with Gasteiger partial charge in [0, 0.05) is 22.4 Å². The third kappa shape index (κ3) is 2.55. The highest BCUT2D eigenvalue weighted by atomic mass is 16.5. The molecular formula is C21H16N2O5. The van der Waals surface area contributed by atoms with Gasteiger partial charge >= 0.3 is 5.97 Å². The third-order valence-electron chi connectivity index (χ3n) is 5.07. The molecule has 28 heavy (non-hydrogen) atoms. The van der Waals surface area contributed by atoms with E-state index in [4.69, 9.17) is 15.2 Å². The molecule has 2 heterocycles. The fourth-order valence-electron chi connectivity index (χ4n) is 3.54. The number of hydrogen-bond donors (Lipinski definition) is 2. The van der Waals surface area contributed by atoms with E-state index >= 15 is 0 Å². The molecule has 0 saturated heterocycles. The molecule has 1 saturated carbocycles. The molecule has 2 aromatic rings. The van der Waals surface area contributed by atoms with E-state index in [9.17, 15) is 14.4 Å². The van der Waals surface area contributed by atoms with Crippen LogP contribution in [0.15, 0.2) is 42.5 Å². The van der Waals surface area contributed by atoms with Crippen molar-refractivity contribution in [3.8, 4) is 5.75 Å². The molecule has 0 spiro atoms. The van der Waals surface area contributed by atoms with Gasteiger partial charge in [-0.05, 0) is 31.0 Å². The Kier molecular flexibility index (Phi) is 3.52. The lowest BCUT2D eigenvalue weighted by atomic mass is 9.98. The molecule has 7 nitrogen and oxygen atoms in total. The molecule has 2 aliphatic heterocycles. The van der Waals surface area contributed by atoms with E-state index in [0.29, 0.717) is 33.7 Å². The highest BCUT2D eigenvalue weighted by Crippen LogP contribution is 2.46. The van der Waals surface area contributed by atoms with Gasteiger partial charge in [0.1, 0.15) is 11.5 Å². The Bertz CT molecular complexity index is 1080. The molecule has 140 valence electrons. The monoisotopic (exact) mass is 376 g/mol. The summed E-state index contributed by atoms with van der Waals surface area (Å²) in [6.45, 7) is 0. The van der Waals surface area contributed by atoms with Crippen molar-refractivity contribution in [1.82, 2.24) is 0 Å². The van der Waals surface area contributed by atoms with E-state index in [1.807, 2.05) is 12.1 Å². The number of amides is 2. The first kappa shape index (κ1) is 16.6. The summed E-state index contributed by atoms with van der Waals surface area (Å²) in [5.41, 5.74) is 8.23. The van der Waals surface area contributed by atoms with Gasteiger partial charge in [-0.15, -0.1) is 0 Å². The van der Waals surface area contributed by atoms with Crippen molar-refractivity contribution in [2.75, 3.05) is 5.32 Å². The number of rotatable bonds is 3. The van der Waals surface area contributed by atoms with Crippen molar-refractivity contribution in [2.24, 2.45) is 11.7 Å². The second-order valence-electron chi connectivity index (χ2n) is 7.05. The molecule has 3 N–H and O–H groups in total. The lowest BCUT2D eigenvalue weighted by molar-refractivity contribution is -0.135. The van der Waals surface area contributed by atoms with Gasteiger partial charge in [-0.25, -0.2) is 0 Å². The second kappa shape index (κ2) is 5.95. The Morgan fingerprint density at radius 3 is 2.64 bits per heavy atom. The number of carbonyl (C=O) groups excluding carboxylic acids is 3. The van der Waals surface area contributed by atoms with Crippen LogP contribution >= 0.6 is 0 Å². The number of ether oxygens (including phenoxy) is 2. The van der Waals surface area contributed by atoms with E-state index in [1.165, 1.54) is 0 Å². The molecule has 0 radical (unpaired) electrons. The number of para-hydroxylation sites is 1. The van der Waals surface area contributed by atoms with Crippen LogP contribution in [-0.4, -0.2) is 17.8 Å². The van der Waals surface area contributed by atoms with E-state index in [2.05, 4.69) is 5.32 Å². The van der Waals surface area contributed by atoms with Crippen molar-refractivity contribution in [3.05, 3.63) is 59.2 Å². The summed E-state index contributed by atoms with van der Waals surface area (Å²) in [5.74, 6) is -0.713. The fourth-order valence-corrected chi connectivity index (χ4v) is 3.54. The van der Waals surface area contributed by atoms with Crippen LogP contribution in [0.5, 0.6) is 5.75 Å². The lowest BCUT2D eigenvalue weighted by Gasteiger charge is -2.08. The van der Waals surface area contributed by atoms with E-state index in [-0.39, 0.29) is 23.6 Å². The summed E-state index contributed by atoms with van der Waals surface area (Å²) in [6.07, 6.45) is 0.664. The Balaban J connectivity index is 1.64. The lowest BCUT2D eigenvalue weighted by Crippen LogP contribution is -2.20. The maximum Gasteiger partial charge on any atom is 0.314 e. The topological polar surface area (TPSA) is 108 Å². The van der Waals surface area contributed by atoms with Gasteiger partial charge in [0.15, 0.2) is 0 Å². The molecule has 0 aromatic heterocycles. The number of anilines is 1. The van der Waals surface area contributed by atoms with Gasteiger partial charge in [-0.2, -0.15) is 0 Å². The van der Waals surface area contributed by atoms with Crippen molar-refractivity contribution in [2.45, 2.75) is 18.9 Å². The van der Waals surface area contributed by atoms with Gasteiger partial charge in [0.25, 0.3) is 11.8 Å². The number of benzene rings is 2. The van der Waals surface area contributed by atoms with Gasteiger partial charge in [-0.1, -0.05) is 24.3 Å². The SMILES string of the molecule is NC(=O)C1OC(=C2C(=O)Nc3ccccc32)c2cc(OC(=O)C3CC3)ccc21. The smallest absolute Gasteiger partial charge is 0.314 e. The quantitative estimate of drug-likeness (QED) is 0.486. The number of carbonyl (C=O) groups is 3. The fraction of sp³-hybridized carbons (Fsp3) is 0.190. The highest BCUT2D eigenvalue weighted by molar-refractivity contribution is 6.36. The molecule has 1 atom stereocenters. The first-order valence-corrected chi connectivity index (χ1v) is 9.00. The summed E-state index contributed by atoms with van der Waals surface area (Å²) in [6, 6.07) is 12.1. The number of hydrogen-bond acceptors (Lipinski definition) is 5. The van der Waals surface area contributed by atoms with Crippen LogP contribution in [-0.2, 0) is 19.1 Å². The predicted octanol–water partition coefficient (Wildman–Crippen LogP) is 2.38. The van der Waals surface area contributed by atoms with Crippen molar-refractivity contribution < 1.29 is 23.9 Å². The van der Waals surface area contributed by atoms with Gasteiger partial charge < -0.3 is 20.5 Å². The van der Waals surface area contributed by atoms with E-state index in [1.54, 1.807) is 30.3 Å². The molecule has 2 aromatic carbocycles. The van der Waals surface area contributed by atoms with Crippen LogP contribution < -0.4 is 15.8 Å². The Morgan fingerprint density at radius 1 is 1.11 bits per heavy atom. The standard InChI is InChI=1S/C21H16N2O5/c22-19(24)18-12-8-7-11(27-21(26)10-5-6-10)9-14(12)17(28-18)16-13-3-1-2-4-15(13)23-20(16)25/h1-4,7-10,18H,5-6H2,(H2,22,24)(H,23,25). The summed E-state index contributed by atoms with van der Waals surface area (Å²) in [4.78, 5) is 36.5. The van der Waals surface area contributed by atoms with Crippen LogP contribution in [0.1, 0.15) is 35.6 Å². The summed E-state index contributed by atoms with van der Waals surface area (Å²) in [7, 11) is 0. The number of primary amides is 1.